The molecule has 3 nitrogen and oxygen atoms in total. The minimum Gasteiger partial charge on any atom is -0.481 e. The number of aromatic nitrogens is 1. The lowest BCUT2D eigenvalue weighted by atomic mass is 9.79. The predicted octanol–water partition coefficient (Wildman–Crippen LogP) is 3.65. The summed E-state index contributed by atoms with van der Waals surface area (Å²) in [7, 11) is 0. The van der Waals surface area contributed by atoms with Crippen molar-refractivity contribution in [3.05, 3.63) is 54.4 Å². The number of hydrogen-bond donors (Lipinski definition) is 1. The lowest BCUT2D eigenvalue weighted by Crippen LogP contribution is -2.32. The van der Waals surface area contributed by atoms with Crippen LogP contribution in [0.3, 0.4) is 0 Å². The van der Waals surface area contributed by atoms with Gasteiger partial charge in [0.2, 0.25) is 0 Å². The second-order valence-corrected chi connectivity index (χ2v) is 5.42. The molecule has 3 rings (SSSR count). The number of carboxylic acid groups (broad SMARTS) is 1. The van der Waals surface area contributed by atoms with Crippen LogP contribution in [0.15, 0.2) is 48.8 Å². The van der Waals surface area contributed by atoms with Crippen molar-refractivity contribution in [3.8, 4) is 11.1 Å². The first-order valence-electron chi connectivity index (χ1n) is 6.97. The molecule has 0 bridgehead atoms. The fraction of sp³-hybridized carbons (Fsp3) is 0.294. The number of rotatable bonds is 3. The number of aliphatic carboxylic acids is 1. The van der Waals surface area contributed by atoms with Crippen LogP contribution in [0.1, 0.15) is 31.2 Å². The zero-order valence-electron chi connectivity index (χ0n) is 11.2. The Balaban J connectivity index is 2.05. The summed E-state index contributed by atoms with van der Waals surface area (Å²) in [5.74, 6) is -0.720. The molecule has 1 aromatic heterocycles. The Kier molecular flexibility index (Phi) is 3.26. The molecule has 2 aromatic rings. The SMILES string of the molecule is O=C(O)C1(c2cncc(-c3ccccc3)c2)CCCC1. The maximum Gasteiger partial charge on any atom is 0.314 e. The van der Waals surface area contributed by atoms with E-state index in [0.29, 0.717) is 12.8 Å². The lowest BCUT2D eigenvalue weighted by Gasteiger charge is -2.24. The number of carboxylic acids is 1. The largest absolute Gasteiger partial charge is 0.481 e. The molecule has 1 aromatic carbocycles. The molecule has 0 radical (unpaired) electrons. The third-order valence-electron chi connectivity index (χ3n) is 4.26. The Morgan fingerprint density at radius 1 is 1.05 bits per heavy atom. The summed E-state index contributed by atoms with van der Waals surface area (Å²) >= 11 is 0. The number of carbonyl (C=O) groups is 1. The van der Waals surface area contributed by atoms with Crippen LogP contribution in [0, 0.1) is 0 Å². The Hall–Kier alpha value is -2.16. The molecule has 3 heteroatoms. The molecule has 1 aliphatic carbocycles. The van der Waals surface area contributed by atoms with Gasteiger partial charge in [-0.3, -0.25) is 9.78 Å². The first-order chi connectivity index (χ1) is 9.72. The topological polar surface area (TPSA) is 50.2 Å². The summed E-state index contributed by atoms with van der Waals surface area (Å²) in [5.41, 5.74) is 2.15. The Morgan fingerprint density at radius 3 is 2.40 bits per heavy atom. The van der Waals surface area contributed by atoms with Crippen molar-refractivity contribution < 1.29 is 9.90 Å². The van der Waals surface area contributed by atoms with E-state index in [9.17, 15) is 9.90 Å². The zero-order valence-corrected chi connectivity index (χ0v) is 11.2. The highest BCUT2D eigenvalue weighted by atomic mass is 16.4. The highest BCUT2D eigenvalue weighted by molar-refractivity contribution is 5.82. The third kappa shape index (κ3) is 2.09. The summed E-state index contributed by atoms with van der Waals surface area (Å²) < 4.78 is 0. The molecule has 1 fully saturated rings. The maximum absolute atomic E-state index is 11.7. The lowest BCUT2D eigenvalue weighted by molar-refractivity contribution is -0.143. The molecule has 1 aliphatic rings. The van der Waals surface area contributed by atoms with Gasteiger partial charge in [-0.1, -0.05) is 43.2 Å². The molecule has 0 amide bonds. The van der Waals surface area contributed by atoms with Crippen LogP contribution in [0.5, 0.6) is 0 Å². The fourth-order valence-electron chi connectivity index (χ4n) is 3.09. The van der Waals surface area contributed by atoms with Gasteiger partial charge >= 0.3 is 5.97 Å². The van der Waals surface area contributed by atoms with Crippen molar-refractivity contribution >= 4 is 5.97 Å². The molecule has 0 unspecified atom stereocenters. The van der Waals surface area contributed by atoms with E-state index in [4.69, 9.17) is 0 Å². The first kappa shape index (κ1) is 12.9. The maximum atomic E-state index is 11.7. The summed E-state index contributed by atoms with van der Waals surface area (Å²) in [6, 6.07) is 11.9. The van der Waals surface area contributed by atoms with Crippen molar-refractivity contribution in [2.24, 2.45) is 0 Å². The molecule has 0 atom stereocenters. The van der Waals surface area contributed by atoms with Crippen molar-refractivity contribution in [1.29, 1.82) is 0 Å². The smallest absolute Gasteiger partial charge is 0.314 e. The summed E-state index contributed by atoms with van der Waals surface area (Å²) in [5, 5.41) is 9.65. The van der Waals surface area contributed by atoms with Crippen LogP contribution < -0.4 is 0 Å². The molecular formula is C17H17NO2. The van der Waals surface area contributed by atoms with Gasteiger partial charge in [-0.2, -0.15) is 0 Å². The Labute approximate surface area is 118 Å². The van der Waals surface area contributed by atoms with E-state index in [-0.39, 0.29) is 0 Å². The third-order valence-corrected chi connectivity index (χ3v) is 4.26. The van der Waals surface area contributed by atoms with Crippen molar-refractivity contribution in [1.82, 2.24) is 4.98 Å². The molecule has 102 valence electrons. The van der Waals surface area contributed by atoms with E-state index in [1.165, 1.54) is 0 Å². The minimum absolute atomic E-state index is 0.711. The van der Waals surface area contributed by atoms with Crippen LogP contribution >= 0.6 is 0 Å². The number of benzene rings is 1. The highest BCUT2D eigenvalue weighted by Gasteiger charge is 2.43. The second-order valence-electron chi connectivity index (χ2n) is 5.42. The van der Waals surface area contributed by atoms with E-state index >= 15 is 0 Å². The molecule has 1 N–H and O–H groups in total. The molecule has 1 heterocycles. The average molecular weight is 267 g/mol. The molecule has 1 saturated carbocycles. The van der Waals surface area contributed by atoms with E-state index in [1.54, 1.807) is 12.4 Å². The summed E-state index contributed by atoms with van der Waals surface area (Å²) in [4.78, 5) is 16.0. The second kappa shape index (κ2) is 5.08. The number of hydrogen-bond acceptors (Lipinski definition) is 2. The average Bonchev–Trinajstić information content (AvgIpc) is 2.99. The van der Waals surface area contributed by atoms with Crippen molar-refractivity contribution in [2.75, 3.05) is 0 Å². The van der Waals surface area contributed by atoms with Crippen LogP contribution in [-0.4, -0.2) is 16.1 Å². The summed E-state index contributed by atoms with van der Waals surface area (Å²) in [6.45, 7) is 0. The normalized spacial score (nSPS) is 17.0. The Bertz CT molecular complexity index is 616. The van der Waals surface area contributed by atoms with E-state index < -0.39 is 11.4 Å². The van der Waals surface area contributed by atoms with E-state index in [0.717, 1.165) is 29.5 Å². The number of nitrogens with zero attached hydrogens (tertiary/aromatic N) is 1. The molecule has 20 heavy (non-hydrogen) atoms. The van der Waals surface area contributed by atoms with Gasteiger partial charge in [0.15, 0.2) is 0 Å². The van der Waals surface area contributed by atoms with Gasteiger partial charge in [0.25, 0.3) is 0 Å². The van der Waals surface area contributed by atoms with Gasteiger partial charge in [0.1, 0.15) is 0 Å². The Morgan fingerprint density at radius 2 is 1.75 bits per heavy atom. The van der Waals surface area contributed by atoms with E-state index in [1.807, 2.05) is 36.4 Å². The van der Waals surface area contributed by atoms with Gasteiger partial charge in [-0.15, -0.1) is 0 Å². The van der Waals surface area contributed by atoms with Crippen LogP contribution in [0.4, 0.5) is 0 Å². The number of pyridine rings is 1. The zero-order chi connectivity index (χ0) is 14.0. The molecular weight excluding hydrogens is 250 g/mol. The summed E-state index contributed by atoms with van der Waals surface area (Å²) in [6.07, 6.45) is 6.88. The van der Waals surface area contributed by atoms with E-state index in [2.05, 4.69) is 4.98 Å². The van der Waals surface area contributed by atoms with Gasteiger partial charge in [0.05, 0.1) is 5.41 Å². The monoisotopic (exact) mass is 267 g/mol. The first-order valence-corrected chi connectivity index (χ1v) is 6.97. The standard InChI is InChI=1S/C17H17NO2/c19-16(20)17(8-4-5-9-17)15-10-14(11-18-12-15)13-6-2-1-3-7-13/h1-3,6-7,10-12H,4-5,8-9H2,(H,19,20). The highest BCUT2D eigenvalue weighted by Crippen LogP contribution is 2.42. The van der Waals surface area contributed by atoms with Crippen LogP contribution in [-0.2, 0) is 10.2 Å². The van der Waals surface area contributed by atoms with Gasteiger partial charge in [-0.05, 0) is 30.0 Å². The van der Waals surface area contributed by atoms with Crippen LogP contribution in [0.2, 0.25) is 0 Å². The molecule has 0 saturated heterocycles. The predicted molar refractivity (Wildman–Crippen MR) is 77.5 cm³/mol. The molecule has 0 aliphatic heterocycles. The minimum atomic E-state index is -0.738. The van der Waals surface area contributed by atoms with Gasteiger partial charge in [-0.25, -0.2) is 0 Å². The van der Waals surface area contributed by atoms with Gasteiger partial charge in [0, 0.05) is 18.0 Å². The molecule has 0 spiro atoms. The van der Waals surface area contributed by atoms with Crippen molar-refractivity contribution in [2.45, 2.75) is 31.1 Å². The fourth-order valence-corrected chi connectivity index (χ4v) is 3.09. The van der Waals surface area contributed by atoms with Crippen molar-refractivity contribution in [3.63, 3.8) is 0 Å². The quantitative estimate of drug-likeness (QED) is 0.923. The van der Waals surface area contributed by atoms with Gasteiger partial charge < -0.3 is 5.11 Å². The van der Waals surface area contributed by atoms with Crippen LogP contribution in [0.25, 0.3) is 11.1 Å².